The Balaban J connectivity index is 2.01. The number of rotatable bonds is 10. The van der Waals surface area contributed by atoms with Crippen molar-refractivity contribution in [2.24, 2.45) is 11.8 Å². The van der Waals surface area contributed by atoms with Crippen LogP contribution in [0.15, 0.2) is 54.7 Å². The van der Waals surface area contributed by atoms with Gasteiger partial charge >= 0.3 is 0 Å². The third-order valence-corrected chi connectivity index (χ3v) is 5.29. The number of nitrogens with zero attached hydrogens (tertiary/aromatic N) is 1. The molecular weight excluding hydrogens is 380 g/mol. The topological polar surface area (TPSA) is 88.5 Å². The van der Waals surface area contributed by atoms with E-state index in [2.05, 4.69) is 29.0 Å². The number of ketones is 1. The van der Waals surface area contributed by atoms with Crippen LogP contribution in [0, 0.1) is 11.8 Å². The largest absolute Gasteiger partial charge is 0.503 e. The highest BCUT2D eigenvalue weighted by atomic mass is 16.5. The molecule has 0 aliphatic carbocycles. The zero-order valence-corrected chi connectivity index (χ0v) is 18.0. The number of Topliss-reactive ketones (excluding diaryl/α,β-unsaturated/α-hetero) is 1. The van der Waals surface area contributed by atoms with E-state index in [9.17, 15) is 14.7 Å². The highest BCUT2D eigenvalue weighted by molar-refractivity contribution is 5.98. The number of hydrogen-bond acceptors (Lipinski definition) is 5. The van der Waals surface area contributed by atoms with Gasteiger partial charge in [0.05, 0.1) is 13.2 Å². The van der Waals surface area contributed by atoms with Crippen LogP contribution in [-0.4, -0.2) is 34.9 Å². The van der Waals surface area contributed by atoms with Gasteiger partial charge in [-0.2, -0.15) is 0 Å². The van der Waals surface area contributed by atoms with Crippen LogP contribution in [0.3, 0.4) is 0 Å². The number of pyridine rings is 1. The molecule has 0 saturated heterocycles. The number of ether oxygens (including phenoxy) is 1. The summed E-state index contributed by atoms with van der Waals surface area (Å²) in [7, 11) is 1.39. The van der Waals surface area contributed by atoms with E-state index in [0.717, 1.165) is 12.0 Å². The van der Waals surface area contributed by atoms with Crippen molar-refractivity contribution >= 4 is 11.7 Å². The molecule has 0 saturated carbocycles. The van der Waals surface area contributed by atoms with E-state index in [4.69, 9.17) is 4.74 Å². The van der Waals surface area contributed by atoms with E-state index >= 15 is 0 Å². The third-order valence-electron chi connectivity index (χ3n) is 5.29. The average Bonchev–Trinajstić information content (AvgIpc) is 2.72. The lowest BCUT2D eigenvalue weighted by molar-refractivity contribution is -0.121. The molecule has 6 nitrogen and oxygen atoms in total. The lowest BCUT2D eigenvalue weighted by Crippen LogP contribution is -2.40. The summed E-state index contributed by atoms with van der Waals surface area (Å²) in [6.45, 7) is 9.76. The Labute approximate surface area is 178 Å². The molecule has 0 unspecified atom stereocenters. The molecule has 2 N–H and O–H groups in total. The molecule has 3 atom stereocenters. The van der Waals surface area contributed by atoms with Crippen LogP contribution in [0.1, 0.15) is 43.2 Å². The summed E-state index contributed by atoms with van der Waals surface area (Å²) in [6.07, 6.45) is 2.49. The highest BCUT2D eigenvalue weighted by Gasteiger charge is 2.26. The Bertz CT molecular complexity index is 895. The number of amides is 1. The Morgan fingerprint density at radius 3 is 2.47 bits per heavy atom. The minimum absolute atomic E-state index is 0.0675. The minimum Gasteiger partial charge on any atom is -0.503 e. The van der Waals surface area contributed by atoms with Gasteiger partial charge in [0.2, 0.25) is 0 Å². The molecule has 0 fully saturated rings. The van der Waals surface area contributed by atoms with Crippen LogP contribution >= 0.6 is 0 Å². The van der Waals surface area contributed by atoms with E-state index in [1.54, 1.807) is 6.92 Å². The number of aromatic hydroxyl groups is 1. The summed E-state index contributed by atoms with van der Waals surface area (Å²) in [5.74, 6) is -0.692. The smallest absolute Gasteiger partial charge is 0.274 e. The molecule has 1 heterocycles. The van der Waals surface area contributed by atoms with Gasteiger partial charge in [0.15, 0.2) is 23.0 Å². The van der Waals surface area contributed by atoms with Crippen LogP contribution in [0.2, 0.25) is 0 Å². The fourth-order valence-electron chi connectivity index (χ4n) is 3.48. The van der Waals surface area contributed by atoms with Crippen molar-refractivity contribution in [3.63, 3.8) is 0 Å². The first kappa shape index (κ1) is 23.1. The van der Waals surface area contributed by atoms with E-state index in [-0.39, 0.29) is 34.8 Å². The number of benzene rings is 1. The summed E-state index contributed by atoms with van der Waals surface area (Å²) in [4.78, 5) is 29.1. The van der Waals surface area contributed by atoms with Crippen LogP contribution in [0.5, 0.6) is 11.5 Å². The number of allylic oxidation sites excluding steroid dienone is 1. The van der Waals surface area contributed by atoms with Crippen molar-refractivity contribution < 1.29 is 19.4 Å². The monoisotopic (exact) mass is 410 g/mol. The lowest BCUT2D eigenvalue weighted by Gasteiger charge is -2.25. The van der Waals surface area contributed by atoms with Crippen LogP contribution in [0.25, 0.3) is 0 Å². The Hall–Kier alpha value is -3.15. The number of methoxy groups -OCH3 is 1. The predicted octanol–water partition coefficient (Wildman–Crippen LogP) is 3.94. The lowest BCUT2D eigenvalue weighted by atomic mass is 9.80. The minimum atomic E-state index is -0.713. The van der Waals surface area contributed by atoms with Gasteiger partial charge in [-0.05, 0) is 37.7 Å². The Kier molecular flexibility index (Phi) is 8.16. The van der Waals surface area contributed by atoms with Crippen molar-refractivity contribution in [1.82, 2.24) is 10.3 Å². The Morgan fingerprint density at radius 2 is 1.87 bits per heavy atom. The number of aromatic nitrogens is 1. The molecule has 6 heteroatoms. The molecule has 0 aliphatic heterocycles. The number of carbonyl (C=O) groups is 2. The summed E-state index contributed by atoms with van der Waals surface area (Å²) in [6, 6.07) is 10.9. The maximum Gasteiger partial charge on any atom is 0.274 e. The van der Waals surface area contributed by atoms with Crippen LogP contribution in [-0.2, 0) is 11.2 Å². The molecule has 2 aromatic rings. The van der Waals surface area contributed by atoms with Crippen molar-refractivity contribution in [3.05, 3.63) is 66.0 Å². The van der Waals surface area contributed by atoms with Gasteiger partial charge in [0.1, 0.15) is 0 Å². The zero-order valence-electron chi connectivity index (χ0n) is 18.0. The van der Waals surface area contributed by atoms with E-state index in [1.807, 2.05) is 32.0 Å². The van der Waals surface area contributed by atoms with Gasteiger partial charge in [-0.1, -0.05) is 49.4 Å². The molecule has 2 rings (SSSR count). The van der Waals surface area contributed by atoms with Gasteiger partial charge in [-0.25, -0.2) is 4.98 Å². The molecule has 1 aromatic heterocycles. The van der Waals surface area contributed by atoms with Crippen molar-refractivity contribution in [1.29, 1.82) is 0 Å². The molecule has 30 heavy (non-hydrogen) atoms. The van der Waals surface area contributed by atoms with E-state index < -0.39 is 11.9 Å². The zero-order chi connectivity index (χ0) is 22.3. The SMILES string of the molecule is C=C(C)[C@@H](Cc1ccccc1)[C@H](C)CC(=O)[C@H](C)NC(=O)c1nccc(OC)c1O. The number of nitrogens with one attached hydrogen (secondary N) is 1. The first-order chi connectivity index (χ1) is 14.2. The fourth-order valence-corrected chi connectivity index (χ4v) is 3.48. The molecule has 1 aromatic carbocycles. The first-order valence-electron chi connectivity index (χ1n) is 9.99. The second-order valence-electron chi connectivity index (χ2n) is 7.70. The van der Waals surface area contributed by atoms with Gasteiger partial charge in [0.25, 0.3) is 5.91 Å². The third kappa shape index (κ3) is 5.92. The van der Waals surface area contributed by atoms with Crippen LogP contribution in [0.4, 0.5) is 0 Å². The van der Waals surface area contributed by atoms with Gasteiger partial charge < -0.3 is 15.2 Å². The standard InChI is InChI=1S/C24H30N2O4/c1-15(2)19(14-18-9-7-6-8-10-18)16(3)13-20(27)17(4)26-24(29)22-23(28)21(30-5)11-12-25-22/h6-12,16-17,19,28H,1,13-14H2,2-5H3,(H,26,29)/t16-,17+,19-/m1/s1. The molecule has 160 valence electrons. The van der Waals surface area contributed by atoms with Gasteiger partial charge in [-0.15, -0.1) is 0 Å². The predicted molar refractivity (Wildman–Crippen MR) is 117 cm³/mol. The Morgan fingerprint density at radius 1 is 1.20 bits per heavy atom. The molecule has 0 radical (unpaired) electrons. The molecular formula is C24H30N2O4. The van der Waals surface area contributed by atoms with E-state index in [0.29, 0.717) is 6.42 Å². The van der Waals surface area contributed by atoms with Crippen molar-refractivity contribution in [2.75, 3.05) is 7.11 Å². The summed E-state index contributed by atoms with van der Waals surface area (Å²) in [5, 5.41) is 12.7. The highest BCUT2D eigenvalue weighted by Crippen LogP contribution is 2.28. The number of carbonyl (C=O) groups excluding carboxylic acids is 2. The normalized spacial score (nSPS) is 13.7. The van der Waals surface area contributed by atoms with E-state index in [1.165, 1.54) is 24.9 Å². The van der Waals surface area contributed by atoms with Gasteiger partial charge in [-0.3, -0.25) is 9.59 Å². The van der Waals surface area contributed by atoms with Gasteiger partial charge in [0, 0.05) is 18.7 Å². The molecule has 0 bridgehead atoms. The number of hydrogen-bond donors (Lipinski definition) is 2. The second kappa shape index (κ2) is 10.6. The van der Waals surface area contributed by atoms with Crippen LogP contribution < -0.4 is 10.1 Å². The quantitative estimate of drug-likeness (QED) is 0.579. The second-order valence-corrected chi connectivity index (χ2v) is 7.70. The summed E-state index contributed by atoms with van der Waals surface area (Å²) < 4.78 is 4.99. The molecule has 0 aliphatic rings. The first-order valence-corrected chi connectivity index (χ1v) is 9.99. The molecule has 0 spiro atoms. The van der Waals surface area contributed by atoms with Crippen molar-refractivity contribution in [2.45, 2.75) is 39.7 Å². The maximum absolute atomic E-state index is 12.8. The summed E-state index contributed by atoms with van der Waals surface area (Å²) >= 11 is 0. The summed E-state index contributed by atoms with van der Waals surface area (Å²) in [5.41, 5.74) is 2.05. The fraction of sp³-hybridized carbons (Fsp3) is 0.375. The van der Waals surface area contributed by atoms with Crippen molar-refractivity contribution in [3.8, 4) is 11.5 Å². The average molecular weight is 411 g/mol. The molecule has 1 amide bonds. The maximum atomic E-state index is 12.8.